The molecule has 3 amide bonds. The van der Waals surface area contributed by atoms with E-state index in [9.17, 15) is 14.0 Å². The molecule has 46 heavy (non-hydrogen) atoms. The first-order valence-corrected chi connectivity index (χ1v) is 15.6. The molecule has 10 nitrogen and oxygen atoms in total. The number of ether oxygens (including phenoxy) is 1. The molecule has 6 rings (SSSR count). The quantitative estimate of drug-likeness (QED) is 0.172. The molecule has 3 N–H and O–H groups in total. The Morgan fingerprint density at radius 3 is 2.50 bits per heavy atom. The minimum absolute atomic E-state index is 0.188. The highest BCUT2D eigenvalue weighted by atomic mass is 19.1. The Hall–Kier alpha value is -5.19. The van der Waals surface area contributed by atoms with Crippen LogP contribution in [0.15, 0.2) is 79.0 Å². The van der Waals surface area contributed by atoms with Gasteiger partial charge < -0.3 is 15.4 Å². The van der Waals surface area contributed by atoms with Gasteiger partial charge in [0.15, 0.2) is 0 Å². The molecule has 0 atom stereocenters. The molecule has 238 valence electrons. The molecular formula is C35H38FN7O3. The van der Waals surface area contributed by atoms with Crippen molar-refractivity contribution in [1.82, 2.24) is 30.2 Å². The molecule has 0 aliphatic heterocycles. The Kier molecular flexibility index (Phi) is 8.74. The van der Waals surface area contributed by atoms with Crippen LogP contribution >= 0.6 is 0 Å². The van der Waals surface area contributed by atoms with E-state index >= 15 is 0 Å². The summed E-state index contributed by atoms with van der Waals surface area (Å²) >= 11 is 0. The number of amides is 3. The lowest BCUT2D eigenvalue weighted by Gasteiger charge is -2.22. The fourth-order valence-corrected chi connectivity index (χ4v) is 5.55. The largest absolute Gasteiger partial charge is 0.457 e. The number of fused-ring (bicyclic) bond motifs is 1. The van der Waals surface area contributed by atoms with Gasteiger partial charge in [0.05, 0.1) is 23.1 Å². The Balaban J connectivity index is 1.13. The molecule has 2 aromatic heterocycles. The second kappa shape index (κ2) is 13.0. The van der Waals surface area contributed by atoms with E-state index in [-0.39, 0.29) is 29.8 Å². The normalized spacial score (nSPS) is 13.8. The number of benzene rings is 3. The lowest BCUT2D eigenvalue weighted by atomic mass is 9.92. The van der Waals surface area contributed by atoms with E-state index in [2.05, 4.69) is 26.1 Å². The zero-order chi connectivity index (χ0) is 32.3. The van der Waals surface area contributed by atoms with E-state index in [0.29, 0.717) is 28.5 Å². The van der Waals surface area contributed by atoms with Crippen molar-refractivity contribution >= 4 is 28.8 Å². The summed E-state index contributed by atoms with van der Waals surface area (Å²) in [7, 11) is 0. The number of halogens is 1. The fraction of sp³-hybridized carbons (Fsp3) is 0.314. The molecule has 5 aromatic rings. The number of anilines is 1. The van der Waals surface area contributed by atoms with Gasteiger partial charge in [-0.1, -0.05) is 58.2 Å². The van der Waals surface area contributed by atoms with Crippen molar-refractivity contribution in [2.45, 2.75) is 70.9 Å². The average molecular weight is 624 g/mol. The van der Waals surface area contributed by atoms with Crippen LogP contribution in [0.5, 0.6) is 11.5 Å². The van der Waals surface area contributed by atoms with Crippen molar-refractivity contribution in [3.63, 3.8) is 0 Å². The summed E-state index contributed by atoms with van der Waals surface area (Å²) < 4.78 is 22.8. The third-order valence-electron chi connectivity index (χ3n) is 8.10. The fourth-order valence-electron chi connectivity index (χ4n) is 5.55. The zero-order valence-electron chi connectivity index (χ0n) is 26.2. The molecule has 0 spiro atoms. The Bertz CT molecular complexity index is 1850. The number of para-hydroxylation sites is 1. The van der Waals surface area contributed by atoms with Crippen LogP contribution in [0.4, 0.5) is 19.8 Å². The van der Waals surface area contributed by atoms with Crippen LogP contribution in [-0.2, 0) is 12.0 Å². The van der Waals surface area contributed by atoms with Crippen LogP contribution in [-0.4, -0.2) is 37.7 Å². The molecule has 1 saturated carbocycles. The van der Waals surface area contributed by atoms with Gasteiger partial charge in [-0.3, -0.25) is 5.32 Å². The molecule has 0 unspecified atom stereocenters. The molecule has 2 heterocycles. The summed E-state index contributed by atoms with van der Waals surface area (Å²) in [5, 5.41) is 18.7. The molecule has 1 aliphatic carbocycles. The number of urea groups is 1. The minimum Gasteiger partial charge on any atom is -0.457 e. The van der Waals surface area contributed by atoms with Crippen LogP contribution in [0.1, 0.15) is 64.1 Å². The number of aromatic nitrogens is 4. The van der Waals surface area contributed by atoms with Crippen LogP contribution in [0.3, 0.4) is 0 Å². The topological polar surface area (TPSA) is 115 Å². The molecule has 0 radical (unpaired) electrons. The van der Waals surface area contributed by atoms with Gasteiger partial charge in [-0.25, -0.2) is 18.7 Å². The maximum Gasteiger partial charge on any atom is 0.342 e. The second-order valence-corrected chi connectivity index (χ2v) is 12.6. The van der Waals surface area contributed by atoms with Crippen LogP contribution < -0.4 is 20.7 Å². The highest BCUT2D eigenvalue weighted by molar-refractivity contribution is 5.91. The standard InChI is InChI=1S/C35H38FN7O3/c1-35(2,3)31-20-32(42(41-31)27-15-13-25(36)14-16-27)40-33(44)37-21-23-9-7-8-12-30(23)46-28-17-18-29-24(19-28)22-38-43(29)34(45)39-26-10-5-4-6-11-26/h7-9,12-20,22,26H,4-6,10-11,21H2,1-3H3,(H,39,45)(H2,37,40,44). The second-order valence-electron chi connectivity index (χ2n) is 12.6. The van der Waals surface area contributed by atoms with Crippen molar-refractivity contribution in [3.05, 3.63) is 96.1 Å². The van der Waals surface area contributed by atoms with E-state index in [0.717, 1.165) is 42.3 Å². The Morgan fingerprint density at radius 2 is 1.74 bits per heavy atom. The van der Waals surface area contributed by atoms with Crippen molar-refractivity contribution in [1.29, 1.82) is 0 Å². The van der Waals surface area contributed by atoms with Crippen molar-refractivity contribution < 1.29 is 18.7 Å². The van der Waals surface area contributed by atoms with E-state index in [1.165, 1.54) is 23.2 Å². The summed E-state index contributed by atoms with van der Waals surface area (Å²) in [6.45, 7) is 6.29. The molecule has 0 saturated heterocycles. The zero-order valence-corrected chi connectivity index (χ0v) is 26.2. The van der Waals surface area contributed by atoms with Gasteiger partial charge in [0.1, 0.15) is 23.1 Å². The first-order valence-electron chi connectivity index (χ1n) is 15.6. The number of carbonyl (C=O) groups excluding carboxylic acids is 2. The Labute approximate surface area is 266 Å². The number of hydrogen-bond acceptors (Lipinski definition) is 5. The van der Waals surface area contributed by atoms with Crippen LogP contribution in [0.25, 0.3) is 16.6 Å². The third-order valence-corrected chi connectivity index (χ3v) is 8.10. The van der Waals surface area contributed by atoms with E-state index in [1.807, 2.05) is 63.2 Å². The maximum atomic E-state index is 13.6. The number of rotatable bonds is 7. The molecule has 11 heteroatoms. The van der Waals surface area contributed by atoms with Gasteiger partial charge in [-0.05, 0) is 61.4 Å². The Morgan fingerprint density at radius 1 is 0.978 bits per heavy atom. The highest BCUT2D eigenvalue weighted by Crippen LogP contribution is 2.29. The number of carbonyl (C=O) groups is 2. The molecule has 1 aliphatic rings. The van der Waals surface area contributed by atoms with Gasteiger partial charge >= 0.3 is 12.1 Å². The summed E-state index contributed by atoms with van der Waals surface area (Å²) in [4.78, 5) is 26.0. The van der Waals surface area contributed by atoms with Gasteiger partial charge in [0.2, 0.25) is 0 Å². The SMILES string of the molecule is CC(C)(C)c1cc(NC(=O)NCc2ccccc2Oc2ccc3c(cnn3C(=O)NC3CCCCC3)c2)n(-c2ccc(F)cc2)n1. The highest BCUT2D eigenvalue weighted by Gasteiger charge is 2.22. The van der Waals surface area contributed by atoms with E-state index in [4.69, 9.17) is 4.74 Å². The van der Waals surface area contributed by atoms with Crippen molar-refractivity contribution in [3.8, 4) is 17.2 Å². The number of nitrogens with zero attached hydrogens (tertiary/aromatic N) is 4. The molecule has 1 fully saturated rings. The summed E-state index contributed by atoms with van der Waals surface area (Å²) in [5.74, 6) is 1.26. The molecule has 3 aromatic carbocycles. The maximum absolute atomic E-state index is 13.6. The third kappa shape index (κ3) is 7.03. The molecular weight excluding hydrogens is 585 g/mol. The predicted octanol–water partition coefficient (Wildman–Crippen LogP) is 7.66. The average Bonchev–Trinajstić information content (AvgIpc) is 3.66. The van der Waals surface area contributed by atoms with Gasteiger partial charge in [-0.2, -0.15) is 14.9 Å². The van der Waals surface area contributed by atoms with E-state index < -0.39 is 6.03 Å². The summed E-state index contributed by atoms with van der Waals surface area (Å²) in [6, 6.07) is 20.2. The van der Waals surface area contributed by atoms with E-state index in [1.54, 1.807) is 29.1 Å². The first kappa shape index (κ1) is 30.8. The lowest BCUT2D eigenvalue weighted by molar-refractivity contribution is 0.232. The predicted molar refractivity (Wildman–Crippen MR) is 175 cm³/mol. The summed E-state index contributed by atoms with van der Waals surface area (Å²) in [6.07, 6.45) is 7.14. The van der Waals surface area contributed by atoms with Crippen molar-refractivity contribution in [2.24, 2.45) is 0 Å². The number of hydrogen-bond donors (Lipinski definition) is 3. The number of nitrogens with one attached hydrogen (secondary N) is 3. The lowest BCUT2D eigenvalue weighted by Crippen LogP contribution is -2.39. The van der Waals surface area contributed by atoms with Crippen LogP contribution in [0.2, 0.25) is 0 Å². The van der Waals surface area contributed by atoms with Gasteiger partial charge in [-0.15, -0.1) is 0 Å². The van der Waals surface area contributed by atoms with Crippen molar-refractivity contribution in [2.75, 3.05) is 5.32 Å². The van der Waals surface area contributed by atoms with Gasteiger partial charge in [0.25, 0.3) is 0 Å². The first-order chi connectivity index (χ1) is 22.1. The summed E-state index contributed by atoms with van der Waals surface area (Å²) in [5.41, 5.74) is 2.60. The minimum atomic E-state index is -0.432. The monoisotopic (exact) mass is 623 g/mol. The smallest absolute Gasteiger partial charge is 0.342 e. The van der Waals surface area contributed by atoms with Crippen LogP contribution in [0, 0.1) is 5.82 Å². The molecule has 0 bridgehead atoms. The van der Waals surface area contributed by atoms with Gasteiger partial charge in [0, 0.05) is 35.0 Å².